The van der Waals surface area contributed by atoms with E-state index in [0.29, 0.717) is 22.2 Å². The Morgan fingerprint density at radius 3 is 2.57 bits per heavy atom. The third-order valence-electron chi connectivity index (χ3n) is 3.94. The molecule has 0 saturated carbocycles. The number of benzene rings is 2. The van der Waals surface area contributed by atoms with Crippen molar-refractivity contribution in [2.45, 2.75) is 13.0 Å². The monoisotopic (exact) mass is 399 g/mol. The first-order valence-electron chi connectivity index (χ1n) is 8.44. The van der Waals surface area contributed by atoms with E-state index in [1.54, 1.807) is 24.3 Å². The maximum absolute atomic E-state index is 12.3. The quantitative estimate of drug-likeness (QED) is 0.613. The second kappa shape index (κ2) is 8.58. The fourth-order valence-electron chi connectivity index (χ4n) is 2.45. The van der Waals surface area contributed by atoms with Gasteiger partial charge in [0.15, 0.2) is 6.10 Å². The van der Waals surface area contributed by atoms with Crippen LogP contribution < -0.4 is 10.1 Å². The highest BCUT2D eigenvalue weighted by Crippen LogP contribution is 2.27. The summed E-state index contributed by atoms with van der Waals surface area (Å²) in [5, 5.41) is 9.73. The molecule has 0 fully saturated rings. The van der Waals surface area contributed by atoms with Gasteiger partial charge in [0.05, 0.1) is 17.8 Å². The molecule has 3 aromatic rings. The summed E-state index contributed by atoms with van der Waals surface area (Å²) in [4.78, 5) is 24.6. The molecule has 0 unspecified atom stereocenters. The van der Waals surface area contributed by atoms with E-state index in [4.69, 9.17) is 21.1 Å². The maximum Gasteiger partial charge on any atom is 0.357 e. The Labute approximate surface area is 166 Å². The van der Waals surface area contributed by atoms with E-state index >= 15 is 0 Å². The molecule has 28 heavy (non-hydrogen) atoms. The predicted octanol–water partition coefficient (Wildman–Crippen LogP) is 3.92. The van der Waals surface area contributed by atoms with E-state index in [1.165, 1.54) is 14.0 Å². The first-order valence-corrected chi connectivity index (χ1v) is 8.82. The summed E-state index contributed by atoms with van der Waals surface area (Å²) in [6, 6.07) is 15.8. The molecule has 1 atom stereocenters. The van der Waals surface area contributed by atoms with E-state index in [-0.39, 0.29) is 5.69 Å². The molecule has 144 valence electrons. The zero-order valence-electron chi connectivity index (χ0n) is 15.2. The topological polar surface area (TPSA) is 93.3 Å². The highest BCUT2D eigenvalue weighted by Gasteiger charge is 2.21. The zero-order valence-corrected chi connectivity index (χ0v) is 16.0. The maximum atomic E-state index is 12.3. The molecule has 7 nitrogen and oxygen atoms in total. The van der Waals surface area contributed by atoms with Crippen LogP contribution in [0.2, 0.25) is 5.02 Å². The largest absolute Gasteiger partial charge is 0.495 e. The zero-order chi connectivity index (χ0) is 20.1. The Morgan fingerprint density at radius 1 is 1.14 bits per heavy atom. The van der Waals surface area contributed by atoms with Gasteiger partial charge < -0.3 is 14.8 Å². The summed E-state index contributed by atoms with van der Waals surface area (Å²) >= 11 is 6.04. The fourth-order valence-corrected chi connectivity index (χ4v) is 2.71. The SMILES string of the molecule is COc1ccc(NC(=O)[C@H](C)OC(=O)c2cc(-c3ccccc3)n[nH]2)cc1Cl. The van der Waals surface area contributed by atoms with Crippen molar-refractivity contribution >= 4 is 29.2 Å². The third-order valence-corrected chi connectivity index (χ3v) is 4.24. The van der Waals surface area contributed by atoms with Gasteiger partial charge in [0.2, 0.25) is 0 Å². The minimum absolute atomic E-state index is 0.158. The van der Waals surface area contributed by atoms with Crippen molar-refractivity contribution in [3.63, 3.8) is 0 Å². The number of rotatable bonds is 6. The molecule has 2 aromatic carbocycles. The Hall–Kier alpha value is -3.32. The number of carbonyl (C=O) groups excluding carboxylic acids is 2. The Kier molecular flexibility index (Phi) is 5.96. The summed E-state index contributed by atoms with van der Waals surface area (Å²) in [7, 11) is 1.50. The lowest BCUT2D eigenvalue weighted by Gasteiger charge is -2.13. The third kappa shape index (κ3) is 4.50. The number of H-pyrrole nitrogens is 1. The van der Waals surface area contributed by atoms with Crippen molar-refractivity contribution in [1.82, 2.24) is 10.2 Å². The van der Waals surface area contributed by atoms with Crippen LogP contribution in [0.25, 0.3) is 11.3 Å². The van der Waals surface area contributed by atoms with E-state index in [2.05, 4.69) is 15.5 Å². The van der Waals surface area contributed by atoms with Gasteiger partial charge in [0, 0.05) is 11.3 Å². The molecule has 1 amide bonds. The first kappa shape index (κ1) is 19.4. The lowest BCUT2D eigenvalue weighted by molar-refractivity contribution is -0.123. The van der Waals surface area contributed by atoms with Gasteiger partial charge in [-0.1, -0.05) is 41.9 Å². The number of aromatic nitrogens is 2. The van der Waals surface area contributed by atoms with Gasteiger partial charge in [-0.25, -0.2) is 4.79 Å². The standard InChI is InChI=1S/C20H18ClN3O4/c1-12(19(25)22-14-8-9-18(27-2)15(21)10-14)28-20(26)17-11-16(23-24-17)13-6-4-3-5-7-13/h3-12H,1-2H3,(H,22,25)(H,23,24)/t12-/m0/s1. The molecular weight excluding hydrogens is 382 g/mol. The number of nitrogens with zero attached hydrogens (tertiary/aromatic N) is 1. The van der Waals surface area contributed by atoms with Gasteiger partial charge >= 0.3 is 5.97 Å². The van der Waals surface area contributed by atoms with Crippen molar-refractivity contribution in [1.29, 1.82) is 0 Å². The van der Waals surface area contributed by atoms with Crippen molar-refractivity contribution in [2.75, 3.05) is 12.4 Å². The number of hydrogen-bond acceptors (Lipinski definition) is 5. The van der Waals surface area contributed by atoms with Crippen LogP contribution in [-0.4, -0.2) is 35.3 Å². The van der Waals surface area contributed by atoms with Crippen LogP contribution in [-0.2, 0) is 9.53 Å². The Balaban J connectivity index is 1.61. The number of ether oxygens (including phenoxy) is 2. The van der Waals surface area contributed by atoms with Crippen molar-refractivity contribution in [3.05, 3.63) is 65.3 Å². The molecule has 3 rings (SSSR count). The van der Waals surface area contributed by atoms with Crippen LogP contribution >= 0.6 is 11.6 Å². The highest BCUT2D eigenvalue weighted by molar-refractivity contribution is 6.32. The molecule has 2 N–H and O–H groups in total. The first-order chi connectivity index (χ1) is 13.5. The van der Waals surface area contributed by atoms with E-state index in [1.807, 2.05) is 30.3 Å². The van der Waals surface area contributed by atoms with Gasteiger partial charge in [0.1, 0.15) is 11.4 Å². The van der Waals surface area contributed by atoms with Crippen LogP contribution in [0, 0.1) is 0 Å². The van der Waals surface area contributed by atoms with Gasteiger partial charge in [-0.15, -0.1) is 0 Å². The van der Waals surface area contributed by atoms with Crippen LogP contribution in [0.1, 0.15) is 17.4 Å². The molecule has 1 heterocycles. The second-order valence-electron chi connectivity index (χ2n) is 5.92. The summed E-state index contributed by atoms with van der Waals surface area (Å²) in [6.07, 6.45) is -1.02. The summed E-state index contributed by atoms with van der Waals surface area (Å²) < 4.78 is 10.3. The number of carbonyl (C=O) groups is 2. The molecule has 0 saturated heterocycles. The number of methoxy groups -OCH3 is 1. The van der Waals surface area contributed by atoms with E-state index < -0.39 is 18.0 Å². The molecule has 0 radical (unpaired) electrons. The summed E-state index contributed by atoms with van der Waals surface area (Å²) in [5.74, 6) is -0.671. The molecule has 0 aliphatic heterocycles. The highest BCUT2D eigenvalue weighted by atomic mass is 35.5. The average molecular weight is 400 g/mol. The van der Waals surface area contributed by atoms with Crippen molar-refractivity contribution in [3.8, 4) is 17.0 Å². The van der Waals surface area contributed by atoms with E-state index in [9.17, 15) is 9.59 Å². The molecule has 0 bridgehead atoms. The minimum atomic E-state index is -1.02. The van der Waals surface area contributed by atoms with Gasteiger partial charge in [-0.3, -0.25) is 9.89 Å². The molecular formula is C20H18ClN3O4. The number of anilines is 1. The second-order valence-corrected chi connectivity index (χ2v) is 6.33. The fraction of sp³-hybridized carbons (Fsp3) is 0.150. The molecule has 0 aliphatic carbocycles. The Bertz CT molecular complexity index is 988. The van der Waals surface area contributed by atoms with Gasteiger partial charge in [0.25, 0.3) is 5.91 Å². The summed E-state index contributed by atoms with van der Waals surface area (Å²) in [6.45, 7) is 1.48. The normalized spacial score (nSPS) is 11.5. The average Bonchev–Trinajstić information content (AvgIpc) is 3.19. The number of amides is 1. The van der Waals surface area contributed by atoms with Crippen LogP contribution in [0.4, 0.5) is 5.69 Å². The summed E-state index contributed by atoms with van der Waals surface area (Å²) in [5.41, 5.74) is 2.09. The van der Waals surface area contributed by atoms with Crippen LogP contribution in [0.5, 0.6) is 5.75 Å². The minimum Gasteiger partial charge on any atom is -0.495 e. The van der Waals surface area contributed by atoms with Crippen LogP contribution in [0.3, 0.4) is 0 Å². The van der Waals surface area contributed by atoms with Crippen molar-refractivity contribution in [2.24, 2.45) is 0 Å². The molecule has 0 aliphatic rings. The molecule has 0 spiro atoms. The number of halogens is 1. The molecule has 1 aromatic heterocycles. The van der Waals surface area contributed by atoms with E-state index in [0.717, 1.165) is 5.56 Å². The van der Waals surface area contributed by atoms with Crippen molar-refractivity contribution < 1.29 is 19.1 Å². The number of aromatic amines is 1. The van der Waals surface area contributed by atoms with Crippen LogP contribution in [0.15, 0.2) is 54.6 Å². The predicted molar refractivity (Wildman–Crippen MR) is 106 cm³/mol. The number of hydrogen-bond donors (Lipinski definition) is 2. The van der Waals surface area contributed by atoms with Gasteiger partial charge in [-0.2, -0.15) is 5.10 Å². The lowest BCUT2D eigenvalue weighted by Crippen LogP contribution is -2.30. The number of esters is 1. The smallest absolute Gasteiger partial charge is 0.357 e. The van der Waals surface area contributed by atoms with Gasteiger partial charge in [-0.05, 0) is 31.2 Å². The molecule has 8 heteroatoms. The lowest BCUT2D eigenvalue weighted by atomic mass is 10.1. The Morgan fingerprint density at radius 2 is 1.89 bits per heavy atom. The number of nitrogens with one attached hydrogen (secondary N) is 2.